The Balaban J connectivity index is 1.73. The lowest BCUT2D eigenvalue weighted by Gasteiger charge is -2.06. The van der Waals surface area contributed by atoms with Gasteiger partial charge in [0.2, 0.25) is 0 Å². The lowest BCUT2D eigenvalue weighted by molar-refractivity contribution is 0.920. The number of rotatable bonds is 4. The van der Waals surface area contributed by atoms with Crippen molar-refractivity contribution in [1.82, 2.24) is 9.55 Å². The molecule has 19 heavy (non-hydrogen) atoms. The fraction of sp³-hybridized carbons (Fsp3) is 0.133. The second kappa shape index (κ2) is 5.28. The van der Waals surface area contributed by atoms with Crippen LogP contribution in [0.2, 0.25) is 0 Å². The van der Waals surface area contributed by atoms with Crippen molar-refractivity contribution in [2.45, 2.75) is 6.54 Å². The molecule has 0 amide bonds. The van der Waals surface area contributed by atoms with E-state index >= 15 is 0 Å². The van der Waals surface area contributed by atoms with Gasteiger partial charge in [-0.3, -0.25) is 0 Å². The molecule has 1 N–H and O–H groups in total. The summed E-state index contributed by atoms with van der Waals surface area (Å²) in [5.74, 6) is 0. The van der Waals surface area contributed by atoms with Crippen LogP contribution < -0.4 is 5.32 Å². The highest BCUT2D eigenvalue weighted by Crippen LogP contribution is 2.24. The Morgan fingerprint density at radius 2 is 2.26 bits per heavy atom. The van der Waals surface area contributed by atoms with Gasteiger partial charge >= 0.3 is 0 Å². The van der Waals surface area contributed by atoms with E-state index < -0.39 is 0 Å². The Hall–Kier alpha value is -2.07. The van der Waals surface area contributed by atoms with Crippen molar-refractivity contribution in [3.8, 4) is 10.6 Å². The van der Waals surface area contributed by atoms with Crippen molar-refractivity contribution in [1.29, 1.82) is 0 Å². The summed E-state index contributed by atoms with van der Waals surface area (Å²) in [5.41, 5.74) is 3.56. The first-order chi connectivity index (χ1) is 9.31. The van der Waals surface area contributed by atoms with E-state index in [2.05, 4.69) is 57.6 Å². The third kappa shape index (κ3) is 2.85. The van der Waals surface area contributed by atoms with E-state index in [1.54, 1.807) is 11.3 Å². The van der Waals surface area contributed by atoms with E-state index in [0.717, 1.165) is 22.8 Å². The minimum Gasteiger partial charge on any atom is -0.381 e. The smallest absolute Gasteiger partial charge is 0.123 e. The number of aromatic nitrogens is 2. The first-order valence-electron chi connectivity index (χ1n) is 6.16. The van der Waals surface area contributed by atoms with E-state index in [4.69, 9.17) is 0 Å². The van der Waals surface area contributed by atoms with Crippen molar-refractivity contribution < 1.29 is 0 Å². The van der Waals surface area contributed by atoms with E-state index in [1.807, 2.05) is 18.6 Å². The molecule has 96 valence electrons. The van der Waals surface area contributed by atoms with Gasteiger partial charge in [-0.15, -0.1) is 11.3 Å². The number of hydrogen-bond donors (Lipinski definition) is 1. The summed E-state index contributed by atoms with van der Waals surface area (Å²) in [6.07, 6.45) is 6.02. The number of nitrogens with one attached hydrogen (secondary N) is 1. The highest BCUT2D eigenvalue weighted by Gasteiger charge is 2.01. The number of hydrogen-bond acceptors (Lipinski definition) is 3. The van der Waals surface area contributed by atoms with Crippen LogP contribution in [0, 0.1) is 0 Å². The van der Waals surface area contributed by atoms with Crippen molar-refractivity contribution in [3.63, 3.8) is 0 Å². The quantitative estimate of drug-likeness (QED) is 0.781. The second-order valence-electron chi connectivity index (χ2n) is 4.46. The first-order valence-corrected chi connectivity index (χ1v) is 7.04. The average Bonchev–Trinajstić information content (AvgIpc) is 3.08. The Kier molecular flexibility index (Phi) is 3.33. The van der Waals surface area contributed by atoms with Gasteiger partial charge in [0.1, 0.15) is 5.01 Å². The molecule has 3 rings (SSSR count). The molecule has 0 atom stereocenters. The van der Waals surface area contributed by atoms with Crippen LogP contribution in [0.15, 0.2) is 54.3 Å². The molecule has 0 aliphatic carbocycles. The van der Waals surface area contributed by atoms with Gasteiger partial charge in [0.15, 0.2) is 0 Å². The maximum Gasteiger partial charge on any atom is 0.123 e. The number of thiazole rings is 1. The van der Waals surface area contributed by atoms with Crippen LogP contribution >= 0.6 is 11.3 Å². The third-order valence-corrected chi connectivity index (χ3v) is 3.75. The van der Waals surface area contributed by atoms with Crippen LogP contribution in [0.1, 0.15) is 5.56 Å². The number of nitrogens with zero attached hydrogens (tertiary/aromatic N) is 2. The Morgan fingerprint density at radius 1 is 1.32 bits per heavy atom. The number of benzene rings is 1. The molecule has 0 aliphatic rings. The molecular formula is C15H15N3S. The minimum atomic E-state index is 0.835. The van der Waals surface area contributed by atoms with Crippen molar-refractivity contribution in [2.75, 3.05) is 5.32 Å². The summed E-state index contributed by atoms with van der Waals surface area (Å²) in [7, 11) is 2.03. The Labute approximate surface area is 116 Å². The molecular weight excluding hydrogens is 254 g/mol. The summed E-state index contributed by atoms with van der Waals surface area (Å²) >= 11 is 1.66. The zero-order valence-corrected chi connectivity index (χ0v) is 11.5. The van der Waals surface area contributed by atoms with Gasteiger partial charge in [0.05, 0.1) is 0 Å². The minimum absolute atomic E-state index is 0.835. The molecule has 0 radical (unpaired) electrons. The molecule has 0 bridgehead atoms. The summed E-state index contributed by atoms with van der Waals surface area (Å²) in [6.45, 7) is 0.835. The van der Waals surface area contributed by atoms with Crippen LogP contribution in [0.5, 0.6) is 0 Å². The molecule has 3 nitrogen and oxygen atoms in total. The molecule has 2 heterocycles. The normalized spacial score (nSPS) is 10.6. The topological polar surface area (TPSA) is 29.9 Å². The zero-order valence-electron chi connectivity index (χ0n) is 10.7. The highest BCUT2D eigenvalue weighted by molar-refractivity contribution is 7.13. The summed E-state index contributed by atoms with van der Waals surface area (Å²) in [5, 5.41) is 6.50. The zero-order chi connectivity index (χ0) is 13.1. The Bertz CT molecular complexity index is 656. The van der Waals surface area contributed by atoms with Gasteiger partial charge in [-0.05, 0) is 23.8 Å². The third-order valence-electron chi connectivity index (χ3n) is 2.93. The average molecular weight is 269 g/mol. The predicted octanol–water partition coefficient (Wildman–Crippen LogP) is 3.76. The lowest BCUT2D eigenvalue weighted by atomic mass is 10.2. The molecule has 0 fully saturated rings. The second-order valence-corrected chi connectivity index (χ2v) is 5.35. The van der Waals surface area contributed by atoms with Crippen LogP contribution in [0.3, 0.4) is 0 Å². The van der Waals surface area contributed by atoms with Crippen LogP contribution in [0.25, 0.3) is 10.6 Å². The highest BCUT2D eigenvalue weighted by atomic mass is 32.1. The van der Waals surface area contributed by atoms with Crippen molar-refractivity contribution >= 4 is 17.0 Å². The van der Waals surface area contributed by atoms with Gasteiger partial charge in [-0.2, -0.15) is 0 Å². The molecule has 3 aromatic rings. The number of anilines is 1. The van der Waals surface area contributed by atoms with Crippen molar-refractivity contribution in [2.24, 2.45) is 7.05 Å². The Morgan fingerprint density at radius 3 is 3.00 bits per heavy atom. The molecule has 1 aromatic carbocycles. The maximum atomic E-state index is 4.34. The molecule has 0 saturated carbocycles. The summed E-state index contributed by atoms with van der Waals surface area (Å²) < 4.78 is 2.06. The molecule has 0 aliphatic heterocycles. The van der Waals surface area contributed by atoms with Gasteiger partial charge < -0.3 is 9.88 Å². The van der Waals surface area contributed by atoms with Crippen molar-refractivity contribution in [3.05, 3.63) is 59.9 Å². The SMILES string of the molecule is Cn1ccc(CNc2cccc(-c3nccs3)c2)c1. The van der Waals surface area contributed by atoms with Gasteiger partial charge in [0.25, 0.3) is 0 Å². The van der Waals surface area contributed by atoms with E-state index in [9.17, 15) is 0 Å². The van der Waals surface area contributed by atoms with Gasteiger partial charge in [-0.25, -0.2) is 4.98 Å². The molecule has 4 heteroatoms. The molecule has 0 unspecified atom stereocenters. The standard InChI is InChI=1S/C15H15N3S/c1-18-7-5-12(11-18)10-17-14-4-2-3-13(9-14)15-16-6-8-19-15/h2-9,11,17H,10H2,1H3. The molecule has 0 saturated heterocycles. The van der Waals surface area contributed by atoms with Gasteiger partial charge in [-0.1, -0.05) is 12.1 Å². The molecule has 0 spiro atoms. The van der Waals surface area contributed by atoms with Crippen LogP contribution in [-0.2, 0) is 13.6 Å². The van der Waals surface area contributed by atoms with E-state index in [1.165, 1.54) is 5.56 Å². The largest absolute Gasteiger partial charge is 0.381 e. The molecule has 2 aromatic heterocycles. The maximum absolute atomic E-state index is 4.34. The fourth-order valence-electron chi connectivity index (χ4n) is 2.00. The summed E-state index contributed by atoms with van der Waals surface area (Å²) in [6, 6.07) is 10.5. The lowest BCUT2D eigenvalue weighted by Crippen LogP contribution is -1.98. The van der Waals surface area contributed by atoms with Gasteiger partial charge in [0, 0.05) is 48.8 Å². The number of aryl methyl sites for hydroxylation is 1. The fourth-order valence-corrected chi connectivity index (χ4v) is 2.63. The van der Waals surface area contributed by atoms with Crippen LogP contribution in [0.4, 0.5) is 5.69 Å². The monoisotopic (exact) mass is 269 g/mol. The summed E-state index contributed by atoms with van der Waals surface area (Å²) in [4.78, 5) is 4.34. The van der Waals surface area contributed by atoms with E-state index in [-0.39, 0.29) is 0 Å². The predicted molar refractivity (Wildman–Crippen MR) is 80.3 cm³/mol. The first kappa shape index (κ1) is 12.0. The van der Waals surface area contributed by atoms with Crippen LogP contribution in [-0.4, -0.2) is 9.55 Å². The van der Waals surface area contributed by atoms with E-state index in [0.29, 0.717) is 0 Å².